The Hall–Kier alpha value is -1.72. The van der Waals surface area contributed by atoms with E-state index in [9.17, 15) is 4.79 Å². The van der Waals surface area contributed by atoms with E-state index in [1.54, 1.807) is 11.3 Å². The number of benzene rings is 1. The Labute approximate surface area is 191 Å². The van der Waals surface area contributed by atoms with Crippen LogP contribution in [-0.4, -0.2) is 52.9 Å². The van der Waals surface area contributed by atoms with Crippen molar-refractivity contribution in [1.29, 1.82) is 0 Å². The second-order valence-electron chi connectivity index (χ2n) is 9.64. The molecule has 2 aliphatic rings. The number of carbonyl (C=O) groups excluding carboxylic acids is 1. The highest BCUT2D eigenvalue weighted by atomic mass is 32.1. The van der Waals surface area contributed by atoms with Crippen LogP contribution in [-0.2, 0) is 0 Å². The maximum absolute atomic E-state index is 13.4. The average molecular weight is 440 g/mol. The van der Waals surface area contributed by atoms with Crippen molar-refractivity contribution in [1.82, 2.24) is 14.8 Å². The third-order valence-corrected chi connectivity index (χ3v) is 7.95. The topological polar surface area (TPSA) is 36.4 Å². The summed E-state index contributed by atoms with van der Waals surface area (Å²) >= 11 is 1.57. The van der Waals surface area contributed by atoms with Crippen LogP contribution in [0.15, 0.2) is 24.3 Å². The van der Waals surface area contributed by atoms with Crippen molar-refractivity contribution in [2.24, 2.45) is 5.92 Å². The Morgan fingerprint density at radius 3 is 2.55 bits per heavy atom. The number of piperidine rings is 1. The molecule has 2 fully saturated rings. The van der Waals surface area contributed by atoms with Crippen LogP contribution >= 0.6 is 11.3 Å². The highest BCUT2D eigenvalue weighted by Crippen LogP contribution is 2.35. The van der Waals surface area contributed by atoms with Crippen LogP contribution in [0.1, 0.15) is 79.7 Å². The third kappa shape index (κ3) is 5.20. The Morgan fingerprint density at radius 1 is 1.19 bits per heavy atom. The zero-order chi connectivity index (χ0) is 22.0. The number of rotatable bonds is 8. The maximum atomic E-state index is 13.4. The van der Waals surface area contributed by atoms with E-state index in [0.29, 0.717) is 12.0 Å². The van der Waals surface area contributed by atoms with Gasteiger partial charge in [0.1, 0.15) is 9.88 Å². The van der Waals surface area contributed by atoms with E-state index in [-0.39, 0.29) is 5.91 Å². The second kappa shape index (κ2) is 9.83. The predicted octanol–water partition coefficient (Wildman–Crippen LogP) is 5.97. The van der Waals surface area contributed by atoms with Gasteiger partial charge in [0.2, 0.25) is 0 Å². The number of likely N-dealkylation sites (tertiary alicyclic amines) is 1. The summed E-state index contributed by atoms with van der Waals surface area (Å²) in [5, 5.41) is 0.971. The lowest BCUT2D eigenvalue weighted by atomic mass is 9.98. The van der Waals surface area contributed by atoms with Crippen molar-refractivity contribution in [2.75, 3.05) is 26.2 Å². The molecule has 1 amide bonds. The highest BCUT2D eigenvalue weighted by Gasteiger charge is 2.32. The van der Waals surface area contributed by atoms with E-state index in [2.05, 4.69) is 54.8 Å². The molecule has 4 nitrogen and oxygen atoms in total. The number of carbonyl (C=O) groups is 1. The fourth-order valence-corrected chi connectivity index (χ4v) is 5.91. The summed E-state index contributed by atoms with van der Waals surface area (Å²) in [6, 6.07) is 9.09. The normalized spacial score (nSPS) is 17.7. The first-order valence-corrected chi connectivity index (χ1v) is 12.9. The van der Waals surface area contributed by atoms with Gasteiger partial charge >= 0.3 is 0 Å². The summed E-state index contributed by atoms with van der Waals surface area (Å²) in [6.45, 7) is 12.9. The monoisotopic (exact) mass is 439 g/mol. The van der Waals surface area contributed by atoms with Crippen molar-refractivity contribution >= 4 is 17.2 Å². The quantitative estimate of drug-likeness (QED) is 0.508. The molecule has 0 radical (unpaired) electrons. The SMILES string of the molecule is CCCN(CC1CC1)C1CCN(C(=O)c2sc(-c3ccccc3C(C)C)nc2C)CC1. The van der Waals surface area contributed by atoms with Crippen LogP contribution in [0.5, 0.6) is 0 Å². The molecule has 2 heterocycles. The molecular weight excluding hydrogens is 402 g/mol. The summed E-state index contributed by atoms with van der Waals surface area (Å²) in [7, 11) is 0. The lowest BCUT2D eigenvalue weighted by Crippen LogP contribution is -2.47. The third-order valence-electron chi connectivity index (χ3n) is 6.77. The van der Waals surface area contributed by atoms with Gasteiger partial charge in [-0.1, -0.05) is 45.0 Å². The number of hydrogen-bond donors (Lipinski definition) is 0. The molecule has 1 aliphatic carbocycles. The van der Waals surface area contributed by atoms with Gasteiger partial charge in [-0.2, -0.15) is 0 Å². The van der Waals surface area contributed by atoms with E-state index < -0.39 is 0 Å². The van der Waals surface area contributed by atoms with E-state index in [1.165, 1.54) is 43.5 Å². The Bertz CT molecular complexity index is 894. The van der Waals surface area contributed by atoms with Crippen molar-refractivity contribution < 1.29 is 4.79 Å². The number of amides is 1. The van der Waals surface area contributed by atoms with Crippen LogP contribution < -0.4 is 0 Å². The van der Waals surface area contributed by atoms with Gasteiger partial charge in [0.25, 0.3) is 5.91 Å². The first kappa shape index (κ1) is 22.5. The van der Waals surface area contributed by atoms with Crippen LogP contribution in [0.3, 0.4) is 0 Å². The highest BCUT2D eigenvalue weighted by molar-refractivity contribution is 7.17. The van der Waals surface area contributed by atoms with Crippen molar-refractivity contribution in [3.05, 3.63) is 40.4 Å². The fourth-order valence-electron chi connectivity index (χ4n) is 4.83. The minimum absolute atomic E-state index is 0.172. The van der Waals surface area contributed by atoms with Gasteiger partial charge < -0.3 is 4.90 Å². The lowest BCUT2D eigenvalue weighted by Gasteiger charge is -2.38. The molecule has 168 valence electrons. The summed E-state index contributed by atoms with van der Waals surface area (Å²) in [5.41, 5.74) is 3.33. The molecule has 0 N–H and O–H groups in total. The van der Waals surface area contributed by atoms with E-state index >= 15 is 0 Å². The second-order valence-corrected chi connectivity index (χ2v) is 10.6. The molecule has 0 spiro atoms. The largest absolute Gasteiger partial charge is 0.338 e. The number of thiazole rings is 1. The number of aromatic nitrogens is 1. The maximum Gasteiger partial charge on any atom is 0.265 e. The summed E-state index contributed by atoms with van der Waals surface area (Å²) in [5.74, 6) is 1.53. The summed E-state index contributed by atoms with van der Waals surface area (Å²) in [4.78, 5) is 23.8. The van der Waals surface area contributed by atoms with Crippen LogP contribution in [0, 0.1) is 12.8 Å². The molecule has 0 unspecified atom stereocenters. The Morgan fingerprint density at radius 2 is 1.90 bits per heavy atom. The zero-order valence-corrected chi connectivity index (χ0v) is 20.4. The molecule has 5 heteroatoms. The standard InChI is InChI=1S/C26H37N3OS/c1-5-14-29(17-20-10-11-20)21-12-15-28(16-13-21)26(30)24-19(4)27-25(31-24)23-9-7-6-8-22(23)18(2)3/h6-9,18,20-21H,5,10-17H2,1-4H3. The first-order valence-electron chi connectivity index (χ1n) is 12.1. The molecule has 1 aliphatic heterocycles. The van der Waals surface area contributed by atoms with Gasteiger partial charge in [0, 0.05) is 31.2 Å². The predicted molar refractivity (Wildman–Crippen MR) is 130 cm³/mol. The van der Waals surface area contributed by atoms with Crippen molar-refractivity contribution in [3.8, 4) is 10.6 Å². The van der Waals surface area contributed by atoms with E-state index in [0.717, 1.165) is 47.4 Å². The minimum atomic E-state index is 0.172. The minimum Gasteiger partial charge on any atom is -0.338 e. The smallest absolute Gasteiger partial charge is 0.265 e. The molecular formula is C26H37N3OS. The van der Waals surface area contributed by atoms with E-state index in [1.807, 2.05) is 6.92 Å². The first-order chi connectivity index (χ1) is 15.0. The molecule has 1 aromatic carbocycles. The molecule has 0 atom stereocenters. The number of nitrogens with zero attached hydrogens (tertiary/aromatic N) is 3. The van der Waals surface area contributed by atoms with Gasteiger partial charge in [-0.05, 0) is 63.0 Å². The van der Waals surface area contributed by atoms with E-state index in [4.69, 9.17) is 4.98 Å². The van der Waals surface area contributed by atoms with Crippen LogP contribution in [0.4, 0.5) is 0 Å². The summed E-state index contributed by atoms with van der Waals surface area (Å²) in [6.07, 6.45) is 6.22. The van der Waals surface area contributed by atoms with Gasteiger partial charge in [0.05, 0.1) is 5.69 Å². The van der Waals surface area contributed by atoms with Gasteiger partial charge in [0.15, 0.2) is 0 Å². The van der Waals surface area contributed by atoms with Gasteiger partial charge in [-0.25, -0.2) is 4.98 Å². The number of hydrogen-bond acceptors (Lipinski definition) is 4. The molecule has 0 bridgehead atoms. The number of aryl methyl sites for hydroxylation is 1. The van der Waals surface area contributed by atoms with Crippen LogP contribution in [0.25, 0.3) is 10.6 Å². The zero-order valence-electron chi connectivity index (χ0n) is 19.6. The van der Waals surface area contributed by atoms with Gasteiger partial charge in [-0.3, -0.25) is 9.69 Å². The molecule has 1 saturated carbocycles. The molecule has 4 rings (SSSR count). The Kier molecular flexibility index (Phi) is 7.12. The average Bonchev–Trinajstić information content (AvgIpc) is 3.52. The molecule has 1 saturated heterocycles. The van der Waals surface area contributed by atoms with Gasteiger partial charge in [-0.15, -0.1) is 11.3 Å². The Balaban J connectivity index is 1.44. The summed E-state index contributed by atoms with van der Waals surface area (Å²) < 4.78 is 0. The molecule has 1 aromatic heterocycles. The van der Waals surface area contributed by atoms with Crippen LogP contribution in [0.2, 0.25) is 0 Å². The fraction of sp³-hybridized carbons (Fsp3) is 0.615. The molecule has 2 aromatic rings. The van der Waals surface area contributed by atoms with Crippen molar-refractivity contribution in [3.63, 3.8) is 0 Å². The lowest BCUT2D eigenvalue weighted by molar-refractivity contribution is 0.0615. The molecule has 31 heavy (non-hydrogen) atoms. The van der Waals surface area contributed by atoms with Crippen molar-refractivity contribution in [2.45, 2.75) is 71.8 Å².